The maximum atomic E-state index is 5.84. The Hall–Kier alpha value is -2.91. The van der Waals surface area contributed by atoms with Gasteiger partial charge in [0.05, 0.1) is 29.1 Å². The van der Waals surface area contributed by atoms with Gasteiger partial charge in [-0.05, 0) is 37.1 Å². The van der Waals surface area contributed by atoms with Crippen LogP contribution in [0.4, 0.5) is 5.13 Å². The largest absolute Gasteiger partial charge is 0.494 e. The molecule has 0 unspecified atom stereocenters. The van der Waals surface area contributed by atoms with Gasteiger partial charge in [0.1, 0.15) is 11.4 Å². The number of nitrogens with one attached hydrogen (secondary N) is 1. The lowest BCUT2D eigenvalue weighted by atomic mass is 10.1. The molecule has 4 aromatic rings. The minimum Gasteiger partial charge on any atom is -0.494 e. The molecular weight excluding hydrogens is 488 g/mol. The van der Waals surface area contributed by atoms with E-state index in [9.17, 15) is 0 Å². The summed E-state index contributed by atoms with van der Waals surface area (Å²) in [7, 11) is 0. The molecule has 0 aliphatic rings. The summed E-state index contributed by atoms with van der Waals surface area (Å²) in [6.45, 7) is 5.75. The molecule has 4 rings (SSSR count). The predicted molar refractivity (Wildman–Crippen MR) is 132 cm³/mol. The predicted octanol–water partition coefficient (Wildman–Crippen LogP) is 6.10. The van der Waals surface area contributed by atoms with Crippen LogP contribution < -0.4 is 10.1 Å². The van der Waals surface area contributed by atoms with Crippen LogP contribution in [0.3, 0.4) is 0 Å². The summed E-state index contributed by atoms with van der Waals surface area (Å²) in [5, 5.41) is 4.21. The summed E-state index contributed by atoms with van der Waals surface area (Å²) in [5.74, 6) is 1.31. The third kappa shape index (κ3) is 5.28. The molecule has 164 valence electrons. The Labute approximate surface area is 199 Å². The number of hydrogen-bond acceptors (Lipinski definition) is 8. The molecular formula is C23H23BrN6OS. The van der Waals surface area contributed by atoms with E-state index in [2.05, 4.69) is 50.0 Å². The molecule has 0 radical (unpaired) electrons. The van der Waals surface area contributed by atoms with Crippen molar-refractivity contribution in [3.63, 3.8) is 0 Å². The van der Waals surface area contributed by atoms with Crippen LogP contribution in [0.5, 0.6) is 5.75 Å². The van der Waals surface area contributed by atoms with Crippen molar-refractivity contribution in [3.05, 3.63) is 53.5 Å². The number of aromatic nitrogens is 5. The standard InChI is InChI=1S/C23H23BrN6OS/c1-3-7-27-23-28-14-21(32-23)19-12-18(29-22(30-19)20-13-25-8-9-26-20)16-11-15(31-10-4-2)5-6-17(16)24/h5-6,8-9,11-14H,3-4,7,10H2,1-2H3,(H,27,28). The van der Waals surface area contributed by atoms with Gasteiger partial charge in [-0.25, -0.2) is 19.9 Å². The van der Waals surface area contributed by atoms with E-state index in [0.717, 1.165) is 56.6 Å². The van der Waals surface area contributed by atoms with E-state index in [1.165, 1.54) is 0 Å². The summed E-state index contributed by atoms with van der Waals surface area (Å²) < 4.78 is 6.76. The number of rotatable bonds is 9. The topological polar surface area (TPSA) is 85.7 Å². The Morgan fingerprint density at radius 1 is 0.969 bits per heavy atom. The molecule has 0 atom stereocenters. The van der Waals surface area contributed by atoms with E-state index in [0.29, 0.717) is 18.1 Å². The van der Waals surface area contributed by atoms with Gasteiger partial charge in [0, 0.05) is 35.2 Å². The smallest absolute Gasteiger partial charge is 0.183 e. The minimum absolute atomic E-state index is 0.508. The van der Waals surface area contributed by atoms with Crippen molar-refractivity contribution in [1.82, 2.24) is 24.9 Å². The second kappa shape index (κ2) is 10.6. The molecule has 32 heavy (non-hydrogen) atoms. The van der Waals surface area contributed by atoms with Crippen LogP contribution in [0.25, 0.3) is 33.3 Å². The summed E-state index contributed by atoms with van der Waals surface area (Å²) in [6, 6.07) is 7.89. The molecule has 0 saturated heterocycles. The molecule has 1 aromatic carbocycles. The molecule has 9 heteroatoms. The van der Waals surface area contributed by atoms with Crippen LogP contribution in [-0.4, -0.2) is 38.1 Å². The van der Waals surface area contributed by atoms with Crippen molar-refractivity contribution >= 4 is 32.4 Å². The Morgan fingerprint density at radius 2 is 1.84 bits per heavy atom. The summed E-state index contributed by atoms with van der Waals surface area (Å²) >= 11 is 5.23. The highest BCUT2D eigenvalue weighted by atomic mass is 79.9. The molecule has 1 N–H and O–H groups in total. The number of thiazole rings is 1. The van der Waals surface area contributed by atoms with Crippen molar-refractivity contribution in [2.45, 2.75) is 26.7 Å². The quantitative estimate of drug-likeness (QED) is 0.291. The normalized spacial score (nSPS) is 10.8. The third-order valence-electron chi connectivity index (χ3n) is 4.49. The SMILES string of the molecule is CCCNc1ncc(-c2cc(-c3cc(OCCC)ccc3Br)nc(-c3cnccn3)n2)s1. The van der Waals surface area contributed by atoms with Gasteiger partial charge in [0.2, 0.25) is 0 Å². The highest BCUT2D eigenvalue weighted by Gasteiger charge is 2.15. The van der Waals surface area contributed by atoms with E-state index < -0.39 is 0 Å². The lowest BCUT2D eigenvalue weighted by Crippen LogP contribution is -1.99. The van der Waals surface area contributed by atoms with Crippen LogP contribution in [0.1, 0.15) is 26.7 Å². The van der Waals surface area contributed by atoms with Gasteiger partial charge in [0.25, 0.3) is 0 Å². The van der Waals surface area contributed by atoms with Crippen LogP contribution in [0.15, 0.2) is 53.5 Å². The summed E-state index contributed by atoms with van der Waals surface area (Å²) in [6.07, 6.45) is 8.76. The zero-order chi connectivity index (χ0) is 22.3. The first-order valence-electron chi connectivity index (χ1n) is 10.5. The Kier molecular flexibility index (Phi) is 7.39. The lowest BCUT2D eigenvalue weighted by Gasteiger charge is -2.11. The van der Waals surface area contributed by atoms with Crippen LogP contribution >= 0.6 is 27.3 Å². The van der Waals surface area contributed by atoms with E-state index in [1.807, 2.05) is 30.5 Å². The maximum absolute atomic E-state index is 5.84. The highest BCUT2D eigenvalue weighted by Crippen LogP contribution is 2.35. The molecule has 0 bridgehead atoms. The monoisotopic (exact) mass is 510 g/mol. The fraction of sp³-hybridized carbons (Fsp3) is 0.261. The maximum Gasteiger partial charge on any atom is 0.183 e. The second-order valence-corrected chi connectivity index (χ2v) is 8.88. The van der Waals surface area contributed by atoms with Gasteiger partial charge in [0.15, 0.2) is 11.0 Å². The molecule has 0 aliphatic carbocycles. The number of nitrogens with zero attached hydrogens (tertiary/aromatic N) is 5. The van der Waals surface area contributed by atoms with Crippen molar-refractivity contribution in [2.75, 3.05) is 18.5 Å². The molecule has 3 heterocycles. The summed E-state index contributed by atoms with van der Waals surface area (Å²) in [5.41, 5.74) is 3.07. The highest BCUT2D eigenvalue weighted by molar-refractivity contribution is 9.10. The average molecular weight is 511 g/mol. The van der Waals surface area contributed by atoms with Crippen molar-refractivity contribution in [3.8, 4) is 39.1 Å². The Morgan fingerprint density at radius 3 is 2.62 bits per heavy atom. The van der Waals surface area contributed by atoms with Gasteiger partial charge in [-0.2, -0.15) is 0 Å². The van der Waals surface area contributed by atoms with E-state index >= 15 is 0 Å². The summed E-state index contributed by atoms with van der Waals surface area (Å²) in [4.78, 5) is 23.6. The lowest BCUT2D eigenvalue weighted by molar-refractivity contribution is 0.317. The van der Waals surface area contributed by atoms with Crippen molar-refractivity contribution < 1.29 is 4.74 Å². The second-order valence-electron chi connectivity index (χ2n) is 7.00. The number of halogens is 1. The van der Waals surface area contributed by atoms with E-state index in [1.54, 1.807) is 29.9 Å². The first-order valence-corrected chi connectivity index (χ1v) is 12.1. The van der Waals surface area contributed by atoms with Gasteiger partial charge in [-0.3, -0.25) is 4.98 Å². The molecule has 0 amide bonds. The van der Waals surface area contributed by atoms with Crippen molar-refractivity contribution in [1.29, 1.82) is 0 Å². The molecule has 3 aromatic heterocycles. The number of hydrogen-bond donors (Lipinski definition) is 1. The van der Waals surface area contributed by atoms with Gasteiger partial charge in [-0.15, -0.1) is 0 Å². The van der Waals surface area contributed by atoms with Gasteiger partial charge >= 0.3 is 0 Å². The molecule has 0 spiro atoms. The number of ether oxygens (including phenoxy) is 1. The van der Waals surface area contributed by atoms with E-state index in [-0.39, 0.29) is 0 Å². The molecule has 0 saturated carbocycles. The first kappa shape index (κ1) is 22.3. The molecule has 7 nitrogen and oxygen atoms in total. The van der Waals surface area contributed by atoms with E-state index in [4.69, 9.17) is 14.7 Å². The fourth-order valence-corrected chi connectivity index (χ4v) is 4.21. The molecule has 0 aliphatic heterocycles. The number of benzene rings is 1. The van der Waals surface area contributed by atoms with Crippen LogP contribution in [0.2, 0.25) is 0 Å². The van der Waals surface area contributed by atoms with Gasteiger partial charge < -0.3 is 10.1 Å². The minimum atomic E-state index is 0.508. The van der Waals surface area contributed by atoms with Gasteiger partial charge in [-0.1, -0.05) is 41.1 Å². The van der Waals surface area contributed by atoms with Crippen LogP contribution in [-0.2, 0) is 0 Å². The van der Waals surface area contributed by atoms with Crippen molar-refractivity contribution in [2.24, 2.45) is 0 Å². The zero-order valence-electron chi connectivity index (χ0n) is 17.9. The van der Waals surface area contributed by atoms with Crippen LogP contribution in [0, 0.1) is 0 Å². The first-order chi connectivity index (χ1) is 15.7. The fourth-order valence-electron chi connectivity index (χ4n) is 2.96. The Balaban J connectivity index is 1.81. The zero-order valence-corrected chi connectivity index (χ0v) is 20.3. The average Bonchev–Trinajstić information content (AvgIpc) is 3.31. The Bertz CT molecular complexity index is 1180. The number of anilines is 1. The third-order valence-corrected chi connectivity index (χ3v) is 6.16. The molecule has 0 fully saturated rings.